The van der Waals surface area contributed by atoms with Crippen molar-refractivity contribution in [3.63, 3.8) is 0 Å². The molecule has 0 bridgehead atoms. The van der Waals surface area contributed by atoms with Crippen molar-refractivity contribution in [2.45, 2.75) is 52.1 Å². The number of methoxy groups -OCH3 is 1. The molecule has 0 spiro atoms. The molecule has 3 N–H and O–H groups in total. The molecule has 0 unspecified atom stereocenters. The Bertz CT molecular complexity index is 1120. The van der Waals surface area contributed by atoms with Gasteiger partial charge in [0.15, 0.2) is 0 Å². The Morgan fingerprint density at radius 1 is 1.21 bits per heavy atom. The van der Waals surface area contributed by atoms with Crippen LogP contribution >= 0.6 is 0 Å². The zero-order valence-corrected chi connectivity index (χ0v) is 23.4. The molecule has 1 atom stereocenters. The highest BCUT2D eigenvalue weighted by molar-refractivity contribution is 6.00. The Labute approximate surface area is 229 Å². The van der Waals surface area contributed by atoms with Crippen molar-refractivity contribution in [3.8, 4) is 0 Å². The van der Waals surface area contributed by atoms with Crippen molar-refractivity contribution in [2.24, 2.45) is 10.9 Å². The molecule has 39 heavy (non-hydrogen) atoms. The molecule has 0 saturated heterocycles. The van der Waals surface area contributed by atoms with Crippen LogP contribution in [-0.4, -0.2) is 73.7 Å². The van der Waals surface area contributed by atoms with Gasteiger partial charge in [-0.3, -0.25) is 24.2 Å². The second kappa shape index (κ2) is 17.3. The average molecular weight is 545 g/mol. The maximum absolute atomic E-state index is 13.2. The Morgan fingerprint density at radius 3 is 2.49 bits per heavy atom. The number of anilines is 1. The first-order valence-corrected chi connectivity index (χ1v) is 12.7. The number of nitrogens with zero attached hydrogens (tertiary/aromatic N) is 3. The van der Waals surface area contributed by atoms with Gasteiger partial charge >= 0.3 is 5.97 Å². The lowest BCUT2D eigenvalue weighted by atomic mass is 10.0. The zero-order valence-electron chi connectivity index (χ0n) is 23.4. The topological polar surface area (TPSA) is 151 Å². The van der Waals surface area contributed by atoms with Gasteiger partial charge in [0.25, 0.3) is 11.5 Å². The number of esters is 1. The first-order chi connectivity index (χ1) is 18.6. The molecule has 0 saturated carbocycles. The molecule has 0 aliphatic heterocycles. The number of aliphatic imine (C=N–C) groups is 1. The number of carbonyl (C=O) groups is 4. The Morgan fingerprint density at radius 2 is 1.90 bits per heavy atom. The molecule has 1 aromatic rings. The van der Waals surface area contributed by atoms with Crippen LogP contribution in [0, 0.1) is 5.92 Å². The van der Waals surface area contributed by atoms with E-state index in [4.69, 9.17) is 0 Å². The summed E-state index contributed by atoms with van der Waals surface area (Å²) in [6.45, 7) is 7.78. The minimum absolute atomic E-state index is 0.0456. The highest BCUT2D eigenvalue weighted by Gasteiger charge is 2.24. The standard InChI is InChI=1S/C27H40N6O6/c1-7-19(8-2)16-29-23(34)18-33-15-11-13-21(27(33)38)31-25(36)20(12-9-10-14-24(35)39-6)30-26(37)22(17-28-3)32(4)5/h10-11,13-15,17,19-20H,3,7-9,12,16,18H2,1-2,4-6H3,(H,29,34)(H,30,37)(H,31,36)/b14-10+,22-17-/t20-/m0/s1. The van der Waals surface area contributed by atoms with Gasteiger partial charge in [-0.2, -0.15) is 0 Å². The Kier molecular flexibility index (Phi) is 14.6. The van der Waals surface area contributed by atoms with Crippen LogP contribution in [0.4, 0.5) is 5.69 Å². The number of hydrogen-bond donors (Lipinski definition) is 3. The van der Waals surface area contributed by atoms with Gasteiger partial charge in [0.2, 0.25) is 11.8 Å². The van der Waals surface area contributed by atoms with Gasteiger partial charge in [-0.1, -0.05) is 32.8 Å². The molecule has 214 valence electrons. The lowest BCUT2D eigenvalue weighted by molar-refractivity contribution is -0.134. The van der Waals surface area contributed by atoms with E-state index in [1.807, 2.05) is 0 Å². The number of allylic oxidation sites excluding steroid dienone is 1. The molecule has 3 amide bonds. The summed E-state index contributed by atoms with van der Waals surface area (Å²) < 4.78 is 5.75. The van der Waals surface area contributed by atoms with Gasteiger partial charge in [-0.25, -0.2) is 4.79 Å². The number of nitrogens with one attached hydrogen (secondary N) is 3. The van der Waals surface area contributed by atoms with Crippen molar-refractivity contribution >= 4 is 36.1 Å². The van der Waals surface area contributed by atoms with Gasteiger partial charge in [-0.15, -0.1) is 0 Å². The molecule has 12 nitrogen and oxygen atoms in total. The summed E-state index contributed by atoms with van der Waals surface area (Å²) >= 11 is 0. The number of ether oxygens (including phenoxy) is 1. The van der Waals surface area contributed by atoms with Crippen molar-refractivity contribution < 1.29 is 23.9 Å². The maximum atomic E-state index is 13.2. The monoisotopic (exact) mass is 544 g/mol. The van der Waals surface area contributed by atoms with E-state index in [2.05, 4.69) is 46.2 Å². The fraction of sp³-hybridized carbons (Fsp3) is 0.481. The second-order valence-corrected chi connectivity index (χ2v) is 8.95. The van der Waals surface area contributed by atoms with Gasteiger partial charge < -0.3 is 30.2 Å². The van der Waals surface area contributed by atoms with Crippen molar-refractivity contribution in [3.05, 3.63) is 52.7 Å². The fourth-order valence-corrected chi connectivity index (χ4v) is 3.50. The zero-order chi connectivity index (χ0) is 29.4. The van der Waals surface area contributed by atoms with Crippen LogP contribution in [0.3, 0.4) is 0 Å². The van der Waals surface area contributed by atoms with Crippen molar-refractivity contribution in [2.75, 3.05) is 33.1 Å². The summed E-state index contributed by atoms with van der Waals surface area (Å²) in [5.74, 6) is -1.73. The van der Waals surface area contributed by atoms with Gasteiger partial charge in [0, 0.05) is 32.9 Å². The molecule has 0 radical (unpaired) electrons. The first kappa shape index (κ1) is 32.8. The smallest absolute Gasteiger partial charge is 0.330 e. The van der Waals surface area contributed by atoms with Crippen LogP contribution in [0.1, 0.15) is 39.5 Å². The van der Waals surface area contributed by atoms with Crippen molar-refractivity contribution in [1.29, 1.82) is 0 Å². The highest BCUT2D eigenvalue weighted by atomic mass is 16.5. The first-order valence-electron chi connectivity index (χ1n) is 12.7. The lowest BCUT2D eigenvalue weighted by Gasteiger charge is -2.21. The van der Waals surface area contributed by atoms with E-state index in [1.165, 1.54) is 47.2 Å². The molecule has 0 aliphatic rings. The number of pyridine rings is 1. The van der Waals surface area contributed by atoms with Crippen molar-refractivity contribution in [1.82, 2.24) is 20.1 Å². The maximum Gasteiger partial charge on any atom is 0.330 e. The van der Waals surface area contributed by atoms with Crippen LogP contribution in [0.5, 0.6) is 0 Å². The Hall–Kier alpha value is -4.22. The molecule has 1 heterocycles. The van der Waals surface area contributed by atoms with E-state index in [0.29, 0.717) is 12.5 Å². The summed E-state index contributed by atoms with van der Waals surface area (Å²) in [4.78, 5) is 67.8. The molecule has 0 aromatic carbocycles. The van der Waals surface area contributed by atoms with E-state index >= 15 is 0 Å². The SMILES string of the molecule is C=N/C=C(/C(=O)N[C@@H](CC/C=C/C(=O)OC)C(=O)Nc1cccn(CC(=O)NCC(CC)CC)c1=O)N(C)C. The van der Waals surface area contributed by atoms with Crippen LogP contribution in [0.2, 0.25) is 0 Å². The van der Waals surface area contributed by atoms with Crippen LogP contribution < -0.4 is 21.5 Å². The molecule has 0 fully saturated rings. The van der Waals surface area contributed by atoms with E-state index in [1.54, 1.807) is 20.2 Å². The van der Waals surface area contributed by atoms with Crippen LogP contribution in [0.15, 0.2) is 52.2 Å². The second-order valence-electron chi connectivity index (χ2n) is 8.95. The highest BCUT2D eigenvalue weighted by Crippen LogP contribution is 2.08. The van der Waals surface area contributed by atoms with E-state index in [-0.39, 0.29) is 36.7 Å². The fourth-order valence-electron chi connectivity index (χ4n) is 3.50. The average Bonchev–Trinajstić information content (AvgIpc) is 2.91. The number of hydrogen-bond acceptors (Lipinski definition) is 8. The summed E-state index contributed by atoms with van der Waals surface area (Å²) in [5, 5.41) is 8.03. The summed E-state index contributed by atoms with van der Waals surface area (Å²) in [7, 11) is 4.52. The third kappa shape index (κ3) is 11.4. The molecular formula is C27H40N6O6. The quantitative estimate of drug-likeness (QED) is 0.162. The van der Waals surface area contributed by atoms with Gasteiger partial charge in [-0.05, 0) is 37.6 Å². The third-order valence-electron chi connectivity index (χ3n) is 5.96. The molecule has 1 aromatic heterocycles. The van der Waals surface area contributed by atoms with Crippen LogP contribution in [-0.2, 0) is 30.5 Å². The normalized spacial score (nSPS) is 12.1. The predicted octanol–water partition coefficient (Wildman–Crippen LogP) is 1.44. The lowest BCUT2D eigenvalue weighted by Crippen LogP contribution is -2.46. The minimum atomic E-state index is -1.07. The molecule has 0 aliphatic carbocycles. The largest absolute Gasteiger partial charge is 0.466 e. The molecule has 1 rings (SSSR count). The number of likely N-dealkylation sites (N-methyl/N-ethyl adjacent to an activating group) is 1. The van der Waals surface area contributed by atoms with E-state index in [9.17, 15) is 24.0 Å². The third-order valence-corrected chi connectivity index (χ3v) is 5.96. The van der Waals surface area contributed by atoms with Gasteiger partial charge in [0.05, 0.1) is 13.3 Å². The van der Waals surface area contributed by atoms with Crippen LogP contribution in [0.25, 0.3) is 0 Å². The molecular weight excluding hydrogens is 504 g/mol. The number of carbonyl (C=O) groups excluding carboxylic acids is 4. The Balaban J connectivity index is 3.07. The molecule has 12 heteroatoms. The number of amides is 3. The number of aromatic nitrogens is 1. The number of rotatable bonds is 16. The summed E-state index contributed by atoms with van der Waals surface area (Å²) in [6.07, 6.45) is 7.69. The minimum Gasteiger partial charge on any atom is -0.466 e. The van der Waals surface area contributed by atoms with E-state index < -0.39 is 29.4 Å². The van der Waals surface area contributed by atoms with E-state index in [0.717, 1.165) is 12.8 Å². The van der Waals surface area contributed by atoms with Gasteiger partial charge in [0.1, 0.15) is 24.0 Å². The summed E-state index contributed by atoms with van der Waals surface area (Å²) in [5.41, 5.74) is -0.450. The predicted molar refractivity (Wildman–Crippen MR) is 150 cm³/mol. The summed E-state index contributed by atoms with van der Waals surface area (Å²) in [6, 6.07) is 1.90.